The van der Waals surface area contributed by atoms with Crippen molar-refractivity contribution in [3.63, 3.8) is 0 Å². The minimum absolute atomic E-state index is 0.0187. The second kappa shape index (κ2) is 11.3. The van der Waals surface area contributed by atoms with Crippen LogP contribution < -0.4 is 20.3 Å². The van der Waals surface area contributed by atoms with Gasteiger partial charge in [0.25, 0.3) is 18.7 Å². The van der Waals surface area contributed by atoms with Gasteiger partial charge < -0.3 is 21.0 Å². The fraction of sp³-hybridized carbons (Fsp3) is 0.316. The number of alkyl halides is 1. The highest BCUT2D eigenvalue weighted by Crippen LogP contribution is 2.40. The molecule has 5 rings (SSSR count). The van der Waals surface area contributed by atoms with Crippen molar-refractivity contribution in [3.05, 3.63) is 40.7 Å². The van der Waals surface area contributed by atoms with Gasteiger partial charge >= 0.3 is 16.3 Å². The van der Waals surface area contributed by atoms with E-state index >= 15 is 0 Å². The lowest BCUT2D eigenvalue weighted by atomic mass is 10.0. The van der Waals surface area contributed by atoms with Gasteiger partial charge in [-0.05, 0) is 0 Å². The van der Waals surface area contributed by atoms with Gasteiger partial charge in [-0.25, -0.2) is 13.8 Å². The number of nitrogen functional groups attached to an aromatic ring is 1. The number of hydrogen-bond acceptors (Lipinski definition) is 13. The molecule has 0 bridgehead atoms. The van der Waals surface area contributed by atoms with Crippen molar-refractivity contribution in [3.8, 4) is 0 Å². The molecule has 2 amide bonds. The molecule has 0 radical (unpaired) electrons. The van der Waals surface area contributed by atoms with Crippen molar-refractivity contribution in [2.75, 3.05) is 18.3 Å². The van der Waals surface area contributed by atoms with E-state index in [2.05, 4.69) is 24.7 Å². The van der Waals surface area contributed by atoms with Crippen LogP contribution in [0.2, 0.25) is 0 Å². The summed E-state index contributed by atoms with van der Waals surface area (Å²) in [6, 6.07) is -1.11. The third kappa shape index (κ3) is 5.87. The summed E-state index contributed by atoms with van der Waals surface area (Å²) in [5.74, 6) is -2.96. The number of aromatic nitrogens is 4. The summed E-state index contributed by atoms with van der Waals surface area (Å²) in [6.07, 6.45) is 3.36. The molecule has 0 aliphatic carbocycles. The Morgan fingerprint density at radius 1 is 1.39 bits per heavy atom. The summed E-state index contributed by atoms with van der Waals surface area (Å²) in [5.41, 5.74) is 5.78. The van der Waals surface area contributed by atoms with Crippen LogP contribution in [0.25, 0.3) is 4.83 Å². The first-order valence-electron chi connectivity index (χ1n) is 11.2. The third-order valence-corrected chi connectivity index (χ3v) is 9.15. The monoisotopic (exact) mass is 648 g/mol. The molecule has 0 spiro atoms. The number of hydrogen-bond donors (Lipinski definition) is 5. The fourth-order valence-corrected chi connectivity index (χ4v) is 7.18. The van der Waals surface area contributed by atoms with Gasteiger partial charge in [-0.15, -0.1) is 11.8 Å². The molecular weight excluding hydrogens is 630 g/mol. The molecule has 2 aliphatic rings. The number of nitrogens with one attached hydrogen (secondary N) is 2. The molecule has 6 N–H and O–H groups in total. The van der Waals surface area contributed by atoms with Crippen LogP contribution in [0.15, 0.2) is 34.3 Å². The molecule has 41 heavy (non-hydrogen) atoms. The Labute approximate surface area is 241 Å². The van der Waals surface area contributed by atoms with Crippen LogP contribution in [0.3, 0.4) is 0 Å². The van der Waals surface area contributed by atoms with E-state index in [-0.39, 0.29) is 35.5 Å². The SMILES string of the molecule is Nc1nc(/C(=N/OCF)C(=O)N[C@@H]2C(=O)N3C(C(=O)O)=C(C[n+]4cc5scc(CNS(=O)(=O)O)n5c4)CS[C@H]23)ns1. The number of carbonyl (C=O) groups is 3. The number of aliphatic carboxylic acids is 1. The van der Waals surface area contributed by atoms with Gasteiger partial charge in [0.2, 0.25) is 22.7 Å². The molecule has 3 aromatic heterocycles. The molecule has 2 aliphatic heterocycles. The number of β-lactam (4-membered cyclic amide) rings is 1. The number of fused-ring (bicyclic) bond motifs is 2. The predicted octanol–water partition coefficient (Wildman–Crippen LogP) is -1.30. The largest absolute Gasteiger partial charge is 0.477 e. The third-order valence-electron chi connectivity index (χ3n) is 5.82. The summed E-state index contributed by atoms with van der Waals surface area (Å²) in [4.78, 5) is 48.1. The summed E-state index contributed by atoms with van der Waals surface area (Å²) in [5, 5.41) is 16.8. The molecule has 0 unspecified atom stereocenters. The maximum absolute atomic E-state index is 13.1. The molecule has 0 saturated carbocycles. The topological polar surface area (TPSA) is 235 Å². The smallest absolute Gasteiger partial charge is 0.352 e. The van der Waals surface area contributed by atoms with E-state index in [0.717, 1.165) is 21.3 Å². The van der Waals surface area contributed by atoms with E-state index in [0.29, 0.717) is 11.3 Å². The summed E-state index contributed by atoms with van der Waals surface area (Å²) in [6.45, 7) is -1.39. The normalized spacial score (nSPS) is 19.3. The van der Waals surface area contributed by atoms with Gasteiger partial charge in [0.1, 0.15) is 35.5 Å². The molecule has 5 heterocycles. The Morgan fingerprint density at radius 2 is 2.17 bits per heavy atom. The van der Waals surface area contributed by atoms with Gasteiger partial charge in [-0.3, -0.25) is 19.0 Å². The molecule has 1 saturated heterocycles. The zero-order valence-corrected chi connectivity index (χ0v) is 23.6. The highest BCUT2D eigenvalue weighted by molar-refractivity contribution is 8.00. The lowest BCUT2D eigenvalue weighted by molar-refractivity contribution is -0.687. The van der Waals surface area contributed by atoms with Gasteiger partial charge in [0, 0.05) is 28.2 Å². The average molecular weight is 649 g/mol. The van der Waals surface area contributed by atoms with Crippen LogP contribution in [-0.4, -0.2) is 84.3 Å². The quantitative estimate of drug-likeness (QED) is 0.0537. The van der Waals surface area contributed by atoms with E-state index in [1.807, 2.05) is 4.72 Å². The van der Waals surface area contributed by atoms with E-state index in [4.69, 9.17) is 10.3 Å². The molecule has 0 aromatic carbocycles. The van der Waals surface area contributed by atoms with Crippen LogP contribution in [0.1, 0.15) is 11.5 Å². The Morgan fingerprint density at radius 3 is 2.83 bits per heavy atom. The molecule has 3 aromatic rings. The molecule has 2 atom stereocenters. The summed E-state index contributed by atoms with van der Waals surface area (Å²) < 4.78 is 52.7. The summed E-state index contributed by atoms with van der Waals surface area (Å²) >= 11 is 3.31. The number of imidazole rings is 1. The number of anilines is 1. The Kier molecular flexibility index (Phi) is 7.93. The zero-order valence-electron chi connectivity index (χ0n) is 20.3. The number of nitrogens with two attached hydrogens (primary N) is 1. The van der Waals surface area contributed by atoms with Crippen molar-refractivity contribution in [1.82, 2.24) is 28.7 Å². The van der Waals surface area contributed by atoms with Crippen molar-refractivity contribution < 1.29 is 46.3 Å². The van der Waals surface area contributed by atoms with Crippen molar-refractivity contribution in [2.24, 2.45) is 5.16 Å². The van der Waals surface area contributed by atoms with Crippen molar-refractivity contribution in [2.45, 2.75) is 24.5 Å². The lowest BCUT2D eigenvalue weighted by Gasteiger charge is -2.49. The van der Waals surface area contributed by atoms with Crippen molar-refractivity contribution in [1.29, 1.82) is 0 Å². The number of carboxylic acid groups (broad SMARTS) is 1. The number of carbonyl (C=O) groups excluding carboxylic acids is 2. The van der Waals surface area contributed by atoms with E-state index in [9.17, 15) is 32.3 Å². The standard InChI is InChI=1S/C19H18FN9O8S4/c20-6-37-25-11(14-24-19(21)40-26-14)15(30)23-12-16(31)29-13(18(32)33)8(4-39-17(12)29)2-27-3-10-28(7-27)9(5-38-10)1-22-41(34,35)36/h3,5,7,12,17,22H,1-2,4,6H2,(H4-,21,23,24,26,30,32,33,34,35,36)/p+1/b25-11-/t12-,17-/m1/s1. The summed E-state index contributed by atoms with van der Waals surface area (Å²) in [7, 11) is -4.39. The number of halogens is 1. The average Bonchev–Trinajstić information content (AvgIpc) is 3.61. The molecular formula is C19H19FN9O8S4+. The van der Waals surface area contributed by atoms with Crippen LogP contribution in [-0.2, 0) is 42.6 Å². The molecule has 22 heteroatoms. The lowest BCUT2D eigenvalue weighted by Crippen LogP contribution is -2.71. The predicted molar refractivity (Wildman–Crippen MR) is 141 cm³/mol. The molecule has 17 nitrogen and oxygen atoms in total. The Bertz CT molecular complexity index is 1720. The number of thioether (sulfide) groups is 1. The number of carboxylic acids is 1. The first-order chi connectivity index (χ1) is 19.5. The minimum atomic E-state index is -4.39. The second-order valence-corrected chi connectivity index (χ2v) is 12.4. The Balaban J connectivity index is 1.33. The maximum atomic E-state index is 13.1. The number of oxime groups is 1. The number of rotatable bonds is 11. The highest BCUT2D eigenvalue weighted by Gasteiger charge is 2.54. The van der Waals surface area contributed by atoms with Crippen LogP contribution in [0.5, 0.6) is 0 Å². The number of thiazole rings is 1. The second-order valence-electron chi connectivity index (χ2n) is 8.40. The van der Waals surface area contributed by atoms with Gasteiger partial charge in [0.05, 0.1) is 6.54 Å². The van der Waals surface area contributed by atoms with Gasteiger partial charge in [-0.1, -0.05) is 16.5 Å². The van der Waals surface area contributed by atoms with Crippen LogP contribution in [0.4, 0.5) is 9.52 Å². The van der Waals surface area contributed by atoms with E-state index in [1.165, 1.54) is 23.1 Å². The van der Waals surface area contributed by atoms with E-state index in [1.54, 1.807) is 26.9 Å². The highest BCUT2D eigenvalue weighted by atomic mass is 32.2. The first-order valence-corrected chi connectivity index (χ1v) is 15.4. The first kappa shape index (κ1) is 28.8. The zero-order chi connectivity index (χ0) is 29.5. The van der Waals surface area contributed by atoms with Gasteiger partial charge in [0.15, 0.2) is 5.13 Å². The maximum Gasteiger partial charge on any atom is 0.352 e. The van der Waals surface area contributed by atoms with Gasteiger partial charge in [-0.2, -0.15) is 26.9 Å². The number of nitrogens with zero attached hydrogens (tertiary/aromatic N) is 6. The Hall–Kier alpha value is -3.70. The van der Waals surface area contributed by atoms with Crippen LogP contribution in [0, 0.1) is 0 Å². The minimum Gasteiger partial charge on any atom is -0.477 e. The molecule has 1 fully saturated rings. The van der Waals surface area contributed by atoms with Crippen LogP contribution >= 0.6 is 34.6 Å². The van der Waals surface area contributed by atoms with E-state index < -0.39 is 52.1 Å². The number of amides is 2. The fourth-order valence-electron chi connectivity index (χ4n) is 4.15. The van der Waals surface area contributed by atoms with Crippen molar-refractivity contribution >= 4 is 78.4 Å². The molecule has 218 valence electrons.